The molecule has 0 fully saturated rings. The Balaban J connectivity index is 1.91. The van der Waals surface area contributed by atoms with Gasteiger partial charge >= 0.3 is 0 Å². The zero-order chi connectivity index (χ0) is 28.6. The molecule has 0 aliphatic rings. The number of ether oxygens (including phenoxy) is 3. The second kappa shape index (κ2) is 13.0. The Labute approximate surface area is 228 Å². The lowest BCUT2D eigenvalue weighted by molar-refractivity contribution is -0.122. The Morgan fingerprint density at radius 1 is 1.00 bits per heavy atom. The summed E-state index contributed by atoms with van der Waals surface area (Å²) in [5.74, 6) is 0.677. The first-order valence-electron chi connectivity index (χ1n) is 12.1. The molecule has 0 radical (unpaired) electrons. The second-order valence-electron chi connectivity index (χ2n) is 8.64. The molecule has 0 heterocycles. The first-order chi connectivity index (χ1) is 18.5. The molecule has 3 aromatic carbocycles. The first-order valence-corrected chi connectivity index (χ1v) is 13.6. The molecule has 0 bridgehead atoms. The quantitative estimate of drug-likeness (QED) is 0.122. The number of hydrogen-bond acceptors (Lipinski definition) is 8. The van der Waals surface area contributed by atoms with Crippen LogP contribution in [0.1, 0.15) is 37.9 Å². The Hall–Kier alpha value is -4.29. The molecule has 0 saturated heterocycles. The molecule has 0 saturated carbocycles. The number of methoxy groups -OCH3 is 1. The van der Waals surface area contributed by atoms with Gasteiger partial charge in [0.1, 0.15) is 17.6 Å². The molecule has 3 aromatic rings. The normalized spacial score (nSPS) is 11.9. The fourth-order valence-electron chi connectivity index (χ4n) is 3.54. The van der Waals surface area contributed by atoms with Crippen LogP contribution in [0.4, 0.5) is 5.69 Å². The van der Waals surface area contributed by atoms with Crippen LogP contribution < -0.4 is 35.5 Å². The van der Waals surface area contributed by atoms with Crippen LogP contribution in [0.15, 0.2) is 71.6 Å². The maximum Gasteiger partial charge on any atom is 0.262 e. The zero-order valence-corrected chi connectivity index (χ0v) is 23.0. The van der Waals surface area contributed by atoms with Crippen LogP contribution in [0.2, 0.25) is 0 Å². The van der Waals surface area contributed by atoms with Gasteiger partial charge < -0.3 is 25.3 Å². The SMILES string of the molecule is CCOc1cc(C(Nc2ccc(C(=N)N)cc2)C(=O)NNS(=O)(=O)c2ccc(OC)cc2)ccc1OC(C)C. The standard InChI is InChI=1S/C27H33N5O6S/c1-5-37-24-16-19(8-15-23(24)38-17(2)3)25(30-20-9-6-18(7-10-20)26(28)29)27(33)31-32-39(34,35)22-13-11-21(36-4)12-14-22/h6-17,25,30,32H,5H2,1-4H3,(H3,28,29)(H,31,33). The number of carbonyl (C=O) groups is 1. The lowest BCUT2D eigenvalue weighted by Gasteiger charge is -2.22. The van der Waals surface area contributed by atoms with Gasteiger partial charge in [-0.2, -0.15) is 0 Å². The molecule has 39 heavy (non-hydrogen) atoms. The topological polar surface area (TPSA) is 165 Å². The van der Waals surface area contributed by atoms with E-state index in [0.717, 1.165) is 0 Å². The number of rotatable bonds is 13. The van der Waals surface area contributed by atoms with Crippen molar-refractivity contribution in [2.75, 3.05) is 19.0 Å². The van der Waals surface area contributed by atoms with Gasteiger partial charge in [-0.1, -0.05) is 6.07 Å². The number of nitrogens with one attached hydrogen (secondary N) is 4. The maximum atomic E-state index is 13.4. The van der Waals surface area contributed by atoms with E-state index in [2.05, 4.69) is 15.6 Å². The van der Waals surface area contributed by atoms with E-state index in [1.807, 2.05) is 20.8 Å². The van der Waals surface area contributed by atoms with Gasteiger partial charge in [0.25, 0.3) is 15.9 Å². The van der Waals surface area contributed by atoms with Gasteiger partial charge in [0, 0.05) is 11.3 Å². The number of amides is 1. The molecular formula is C27H33N5O6S. The van der Waals surface area contributed by atoms with Crippen LogP contribution in [-0.2, 0) is 14.8 Å². The van der Waals surface area contributed by atoms with Crippen molar-refractivity contribution in [1.82, 2.24) is 10.3 Å². The molecule has 12 heteroatoms. The minimum atomic E-state index is -4.07. The fraction of sp³-hybridized carbons (Fsp3) is 0.259. The summed E-state index contributed by atoms with van der Waals surface area (Å²) in [5, 5.41) is 10.7. The third-order valence-corrected chi connectivity index (χ3v) is 6.67. The van der Waals surface area contributed by atoms with Crippen LogP contribution in [0.25, 0.3) is 0 Å². The molecule has 3 rings (SSSR count). The highest BCUT2D eigenvalue weighted by molar-refractivity contribution is 7.89. The van der Waals surface area contributed by atoms with E-state index in [1.165, 1.54) is 31.4 Å². The van der Waals surface area contributed by atoms with E-state index in [-0.39, 0.29) is 16.8 Å². The number of hydrogen-bond donors (Lipinski definition) is 5. The number of carbonyl (C=O) groups excluding carboxylic acids is 1. The average Bonchev–Trinajstić information content (AvgIpc) is 2.91. The molecular weight excluding hydrogens is 522 g/mol. The van der Waals surface area contributed by atoms with E-state index < -0.39 is 22.0 Å². The van der Waals surface area contributed by atoms with Crippen molar-refractivity contribution in [2.24, 2.45) is 5.73 Å². The second-order valence-corrected chi connectivity index (χ2v) is 10.3. The Kier molecular flexibility index (Phi) is 9.74. The van der Waals surface area contributed by atoms with Crippen LogP contribution in [0.3, 0.4) is 0 Å². The molecule has 0 spiro atoms. The minimum absolute atomic E-state index is 0.0539. The Morgan fingerprint density at radius 3 is 2.23 bits per heavy atom. The summed E-state index contributed by atoms with van der Waals surface area (Å²) >= 11 is 0. The monoisotopic (exact) mass is 555 g/mol. The van der Waals surface area contributed by atoms with E-state index >= 15 is 0 Å². The lowest BCUT2D eigenvalue weighted by atomic mass is 10.0. The van der Waals surface area contributed by atoms with Crippen molar-refractivity contribution in [3.63, 3.8) is 0 Å². The number of benzene rings is 3. The minimum Gasteiger partial charge on any atom is -0.497 e. The third-order valence-electron chi connectivity index (χ3n) is 5.41. The summed E-state index contributed by atoms with van der Waals surface area (Å²) in [5.41, 5.74) is 9.39. The van der Waals surface area contributed by atoms with E-state index in [1.54, 1.807) is 42.5 Å². The van der Waals surface area contributed by atoms with Crippen LogP contribution in [0.5, 0.6) is 17.2 Å². The molecule has 11 nitrogen and oxygen atoms in total. The molecule has 1 atom stereocenters. The number of hydrazine groups is 1. The van der Waals surface area contributed by atoms with Crippen LogP contribution in [0, 0.1) is 5.41 Å². The zero-order valence-electron chi connectivity index (χ0n) is 22.1. The predicted octanol–water partition coefficient (Wildman–Crippen LogP) is 3.33. The maximum absolute atomic E-state index is 13.4. The number of anilines is 1. The van der Waals surface area contributed by atoms with Gasteiger partial charge in [0.15, 0.2) is 11.5 Å². The number of nitrogens with two attached hydrogens (primary N) is 1. The summed E-state index contributed by atoms with van der Waals surface area (Å²) in [6.45, 7) is 5.98. The molecule has 0 aliphatic heterocycles. The summed E-state index contributed by atoms with van der Waals surface area (Å²) in [4.78, 5) is 15.5. The van der Waals surface area contributed by atoms with Gasteiger partial charge in [-0.05, 0) is 87.0 Å². The van der Waals surface area contributed by atoms with Crippen molar-refractivity contribution in [3.05, 3.63) is 77.9 Å². The molecule has 0 aromatic heterocycles. The highest BCUT2D eigenvalue weighted by atomic mass is 32.2. The lowest BCUT2D eigenvalue weighted by Crippen LogP contribution is -2.45. The van der Waals surface area contributed by atoms with Crippen molar-refractivity contribution in [1.29, 1.82) is 5.41 Å². The molecule has 6 N–H and O–H groups in total. The first kappa shape index (κ1) is 29.3. The van der Waals surface area contributed by atoms with Crippen molar-refractivity contribution in [2.45, 2.75) is 37.8 Å². The number of sulfonamides is 1. The van der Waals surface area contributed by atoms with Gasteiger partial charge in [-0.25, -0.2) is 8.42 Å². The molecule has 1 unspecified atom stereocenters. The smallest absolute Gasteiger partial charge is 0.262 e. The van der Waals surface area contributed by atoms with Crippen molar-refractivity contribution in [3.8, 4) is 17.2 Å². The van der Waals surface area contributed by atoms with Crippen molar-refractivity contribution < 1.29 is 27.4 Å². The Bertz CT molecular complexity index is 1390. The fourth-order valence-corrected chi connectivity index (χ4v) is 4.39. The average molecular weight is 556 g/mol. The number of nitrogen functional groups attached to an aromatic ring is 1. The van der Waals surface area contributed by atoms with Crippen LogP contribution >= 0.6 is 0 Å². The van der Waals surface area contributed by atoms with E-state index in [4.69, 9.17) is 25.4 Å². The molecule has 1 amide bonds. The highest BCUT2D eigenvalue weighted by Crippen LogP contribution is 2.33. The van der Waals surface area contributed by atoms with Gasteiger partial charge in [0.05, 0.1) is 24.7 Å². The summed E-state index contributed by atoms with van der Waals surface area (Å²) in [6, 6.07) is 16.3. The van der Waals surface area contributed by atoms with E-state index in [0.29, 0.717) is 40.7 Å². The number of amidine groups is 1. The molecule has 0 aliphatic carbocycles. The summed E-state index contributed by atoms with van der Waals surface area (Å²) in [6.07, 6.45) is -0.0978. The summed E-state index contributed by atoms with van der Waals surface area (Å²) in [7, 11) is -2.60. The van der Waals surface area contributed by atoms with Crippen molar-refractivity contribution >= 4 is 27.5 Å². The van der Waals surface area contributed by atoms with Gasteiger partial charge in [-0.3, -0.25) is 15.6 Å². The molecule has 208 valence electrons. The Morgan fingerprint density at radius 2 is 1.67 bits per heavy atom. The summed E-state index contributed by atoms with van der Waals surface area (Å²) < 4.78 is 42.2. The van der Waals surface area contributed by atoms with Crippen LogP contribution in [-0.4, -0.2) is 40.0 Å². The largest absolute Gasteiger partial charge is 0.497 e. The van der Waals surface area contributed by atoms with E-state index in [9.17, 15) is 13.2 Å². The van der Waals surface area contributed by atoms with Gasteiger partial charge in [-0.15, -0.1) is 4.83 Å². The highest BCUT2D eigenvalue weighted by Gasteiger charge is 2.25. The third kappa shape index (κ3) is 7.85. The van der Waals surface area contributed by atoms with Gasteiger partial charge in [0.2, 0.25) is 0 Å². The predicted molar refractivity (Wildman–Crippen MR) is 149 cm³/mol.